The summed E-state index contributed by atoms with van der Waals surface area (Å²) in [6, 6.07) is 18.3. The van der Waals surface area contributed by atoms with Crippen LogP contribution in [0.1, 0.15) is 18.1 Å². The molecular formula is C16H20IN3. The monoisotopic (exact) mass is 381 g/mol. The minimum atomic E-state index is 0. The first-order chi connectivity index (χ1) is 9.28. The SMILES string of the molecule is CCc1ccc(NC(N)=NCc2ccccc2)cc1.I. The van der Waals surface area contributed by atoms with Crippen molar-refractivity contribution in [2.75, 3.05) is 5.32 Å². The summed E-state index contributed by atoms with van der Waals surface area (Å²) < 4.78 is 0. The molecule has 2 aromatic carbocycles. The third kappa shape index (κ3) is 5.21. The highest BCUT2D eigenvalue weighted by Crippen LogP contribution is 2.09. The van der Waals surface area contributed by atoms with Gasteiger partial charge in [-0.2, -0.15) is 0 Å². The molecule has 0 fully saturated rings. The minimum absolute atomic E-state index is 0. The highest BCUT2D eigenvalue weighted by Gasteiger charge is 1.96. The van der Waals surface area contributed by atoms with Crippen LogP contribution in [0.2, 0.25) is 0 Å². The molecule has 0 amide bonds. The molecule has 2 rings (SSSR count). The van der Waals surface area contributed by atoms with Gasteiger partial charge in [-0.05, 0) is 29.7 Å². The highest BCUT2D eigenvalue weighted by atomic mass is 127. The van der Waals surface area contributed by atoms with Crippen molar-refractivity contribution in [3.05, 3.63) is 65.7 Å². The fourth-order valence-corrected chi connectivity index (χ4v) is 1.77. The summed E-state index contributed by atoms with van der Waals surface area (Å²) in [6.07, 6.45) is 1.04. The summed E-state index contributed by atoms with van der Waals surface area (Å²) in [5, 5.41) is 3.09. The smallest absolute Gasteiger partial charge is 0.193 e. The third-order valence-corrected chi connectivity index (χ3v) is 2.91. The van der Waals surface area contributed by atoms with E-state index in [1.165, 1.54) is 5.56 Å². The van der Waals surface area contributed by atoms with E-state index < -0.39 is 0 Å². The highest BCUT2D eigenvalue weighted by molar-refractivity contribution is 14.0. The maximum Gasteiger partial charge on any atom is 0.193 e. The number of nitrogens with one attached hydrogen (secondary N) is 1. The van der Waals surface area contributed by atoms with Crippen LogP contribution in [0.15, 0.2) is 59.6 Å². The second kappa shape index (κ2) is 8.58. The predicted octanol–water partition coefficient (Wildman–Crippen LogP) is 3.79. The molecule has 2 aromatic rings. The number of benzene rings is 2. The van der Waals surface area contributed by atoms with Gasteiger partial charge in [-0.1, -0.05) is 49.4 Å². The van der Waals surface area contributed by atoms with Gasteiger partial charge in [-0.25, -0.2) is 4.99 Å². The van der Waals surface area contributed by atoms with Gasteiger partial charge in [0.1, 0.15) is 0 Å². The molecule has 0 bridgehead atoms. The molecule has 0 atom stereocenters. The number of hydrogen-bond donors (Lipinski definition) is 2. The van der Waals surface area contributed by atoms with Crippen LogP contribution >= 0.6 is 24.0 Å². The first-order valence-corrected chi connectivity index (χ1v) is 6.47. The Morgan fingerprint density at radius 3 is 2.25 bits per heavy atom. The van der Waals surface area contributed by atoms with Gasteiger partial charge in [0.15, 0.2) is 5.96 Å². The lowest BCUT2D eigenvalue weighted by Crippen LogP contribution is -2.22. The normalized spacial score (nSPS) is 10.8. The van der Waals surface area contributed by atoms with Crippen molar-refractivity contribution in [3.63, 3.8) is 0 Å². The summed E-state index contributed by atoms with van der Waals surface area (Å²) in [5.41, 5.74) is 9.28. The van der Waals surface area contributed by atoms with Crippen LogP contribution in [-0.4, -0.2) is 5.96 Å². The average molecular weight is 381 g/mol. The number of nitrogens with zero attached hydrogens (tertiary/aromatic N) is 1. The molecule has 0 aliphatic rings. The first kappa shape index (κ1) is 16.5. The van der Waals surface area contributed by atoms with E-state index in [1.54, 1.807) is 0 Å². The van der Waals surface area contributed by atoms with Crippen LogP contribution in [-0.2, 0) is 13.0 Å². The van der Waals surface area contributed by atoms with E-state index >= 15 is 0 Å². The molecule has 106 valence electrons. The molecule has 0 spiro atoms. The van der Waals surface area contributed by atoms with Gasteiger partial charge in [0, 0.05) is 5.69 Å². The van der Waals surface area contributed by atoms with E-state index in [4.69, 9.17) is 5.73 Å². The Labute approximate surface area is 137 Å². The molecular weight excluding hydrogens is 361 g/mol. The lowest BCUT2D eigenvalue weighted by atomic mass is 10.1. The number of anilines is 1. The number of guanidine groups is 1. The quantitative estimate of drug-likeness (QED) is 0.481. The summed E-state index contributed by atoms with van der Waals surface area (Å²) in [6.45, 7) is 2.73. The molecule has 4 heteroatoms. The summed E-state index contributed by atoms with van der Waals surface area (Å²) in [5.74, 6) is 0.438. The Kier molecular flexibility index (Phi) is 7.08. The second-order valence-electron chi connectivity index (χ2n) is 4.36. The van der Waals surface area contributed by atoms with Crippen LogP contribution in [0.4, 0.5) is 5.69 Å². The van der Waals surface area contributed by atoms with Crippen LogP contribution in [0.25, 0.3) is 0 Å². The van der Waals surface area contributed by atoms with Crippen molar-refractivity contribution in [1.82, 2.24) is 0 Å². The van der Waals surface area contributed by atoms with Crippen molar-refractivity contribution in [1.29, 1.82) is 0 Å². The van der Waals surface area contributed by atoms with Gasteiger partial charge in [-0.3, -0.25) is 0 Å². The molecule has 3 nitrogen and oxygen atoms in total. The molecule has 3 N–H and O–H groups in total. The summed E-state index contributed by atoms with van der Waals surface area (Å²) in [4.78, 5) is 4.32. The molecule has 0 saturated carbocycles. The summed E-state index contributed by atoms with van der Waals surface area (Å²) >= 11 is 0. The van der Waals surface area contributed by atoms with Gasteiger partial charge < -0.3 is 11.1 Å². The number of halogens is 1. The number of aliphatic imine (C=N–C) groups is 1. The van der Waals surface area contributed by atoms with Crippen molar-refractivity contribution in [2.24, 2.45) is 10.7 Å². The third-order valence-electron chi connectivity index (χ3n) is 2.91. The van der Waals surface area contributed by atoms with E-state index in [9.17, 15) is 0 Å². The topological polar surface area (TPSA) is 50.4 Å². The fraction of sp³-hybridized carbons (Fsp3) is 0.188. The van der Waals surface area contributed by atoms with Crippen LogP contribution in [0, 0.1) is 0 Å². The Hall–Kier alpha value is -1.56. The van der Waals surface area contributed by atoms with Crippen molar-refractivity contribution in [2.45, 2.75) is 19.9 Å². The minimum Gasteiger partial charge on any atom is -0.370 e. The van der Waals surface area contributed by atoms with Gasteiger partial charge >= 0.3 is 0 Å². The Morgan fingerprint density at radius 1 is 1.00 bits per heavy atom. The van der Waals surface area contributed by atoms with E-state index in [0.717, 1.165) is 17.7 Å². The molecule has 0 unspecified atom stereocenters. The average Bonchev–Trinajstić information content (AvgIpc) is 2.47. The lowest BCUT2D eigenvalue weighted by molar-refractivity contribution is 1.06. The second-order valence-corrected chi connectivity index (χ2v) is 4.36. The van der Waals surface area contributed by atoms with E-state index in [1.807, 2.05) is 42.5 Å². The summed E-state index contributed by atoms with van der Waals surface area (Å²) in [7, 11) is 0. The zero-order valence-electron chi connectivity index (χ0n) is 11.5. The van der Waals surface area contributed by atoms with Gasteiger partial charge in [-0.15, -0.1) is 24.0 Å². The van der Waals surface area contributed by atoms with Crippen LogP contribution in [0.5, 0.6) is 0 Å². The standard InChI is InChI=1S/C16H19N3.HI/c1-2-13-8-10-15(11-9-13)19-16(17)18-12-14-6-4-3-5-7-14;/h3-11H,2,12H2,1H3,(H3,17,18,19);1H. The number of hydrogen-bond acceptors (Lipinski definition) is 1. The Morgan fingerprint density at radius 2 is 1.65 bits per heavy atom. The van der Waals surface area contributed by atoms with Crippen molar-refractivity contribution >= 4 is 35.6 Å². The van der Waals surface area contributed by atoms with Crippen molar-refractivity contribution < 1.29 is 0 Å². The zero-order valence-corrected chi connectivity index (χ0v) is 13.9. The van der Waals surface area contributed by atoms with Crippen LogP contribution in [0.3, 0.4) is 0 Å². The maximum absolute atomic E-state index is 5.86. The predicted molar refractivity (Wildman–Crippen MR) is 96.6 cm³/mol. The first-order valence-electron chi connectivity index (χ1n) is 6.47. The van der Waals surface area contributed by atoms with E-state index in [2.05, 4.69) is 29.4 Å². The Balaban J connectivity index is 0.00000200. The van der Waals surface area contributed by atoms with Gasteiger partial charge in [0.2, 0.25) is 0 Å². The number of rotatable bonds is 4. The maximum atomic E-state index is 5.86. The number of aryl methyl sites for hydroxylation is 1. The zero-order chi connectivity index (χ0) is 13.5. The fourth-order valence-electron chi connectivity index (χ4n) is 1.77. The van der Waals surface area contributed by atoms with Gasteiger partial charge in [0.05, 0.1) is 6.54 Å². The van der Waals surface area contributed by atoms with Crippen molar-refractivity contribution in [3.8, 4) is 0 Å². The molecule has 0 radical (unpaired) electrons. The molecule has 0 aromatic heterocycles. The largest absolute Gasteiger partial charge is 0.370 e. The molecule has 0 aliphatic carbocycles. The lowest BCUT2D eigenvalue weighted by Gasteiger charge is -2.06. The molecule has 0 heterocycles. The van der Waals surface area contributed by atoms with Crippen LogP contribution < -0.4 is 11.1 Å². The van der Waals surface area contributed by atoms with E-state index in [-0.39, 0.29) is 24.0 Å². The number of nitrogens with two attached hydrogens (primary N) is 1. The van der Waals surface area contributed by atoms with Gasteiger partial charge in [0.25, 0.3) is 0 Å². The van der Waals surface area contributed by atoms with E-state index in [0.29, 0.717) is 12.5 Å². The Bertz CT molecular complexity index is 535. The molecule has 20 heavy (non-hydrogen) atoms. The molecule has 0 aliphatic heterocycles. The molecule has 0 saturated heterocycles.